The van der Waals surface area contributed by atoms with Crippen molar-refractivity contribution in [2.45, 2.75) is 45.2 Å². The molecule has 0 saturated heterocycles. The Balaban J connectivity index is 1.74. The molecule has 15 heavy (non-hydrogen) atoms. The van der Waals surface area contributed by atoms with E-state index in [9.17, 15) is 0 Å². The van der Waals surface area contributed by atoms with Gasteiger partial charge in [0.2, 0.25) is 0 Å². The van der Waals surface area contributed by atoms with E-state index in [0.717, 1.165) is 18.2 Å². The van der Waals surface area contributed by atoms with Gasteiger partial charge in [-0.15, -0.1) is 0 Å². The normalized spacial score (nSPS) is 26.5. The molecule has 0 aromatic carbocycles. The third-order valence-corrected chi connectivity index (χ3v) is 3.31. The topological polar surface area (TPSA) is 24.9 Å². The minimum atomic E-state index is 0.711. The summed E-state index contributed by atoms with van der Waals surface area (Å²) >= 11 is 0. The maximum Gasteiger partial charge on any atom is 0.0541 e. The fourth-order valence-corrected chi connectivity index (χ4v) is 2.22. The van der Waals surface area contributed by atoms with Gasteiger partial charge in [-0.25, -0.2) is 0 Å². The summed E-state index contributed by atoms with van der Waals surface area (Å²) in [7, 11) is 0. The molecule has 1 heterocycles. The van der Waals surface area contributed by atoms with Gasteiger partial charge in [0.05, 0.1) is 5.69 Å². The zero-order valence-corrected chi connectivity index (χ0v) is 9.45. The van der Waals surface area contributed by atoms with Crippen LogP contribution in [0.25, 0.3) is 0 Å². The first kappa shape index (κ1) is 10.6. The van der Waals surface area contributed by atoms with Gasteiger partial charge in [0.1, 0.15) is 0 Å². The summed E-state index contributed by atoms with van der Waals surface area (Å²) in [6, 6.07) is 6.81. The van der Waals surface area contributed by atoms with Crippen molar-refractivity contribution >= 4 is 0 Å². The van der Waals surface area contributed by atoms with E-state index in [2.05, 4.69) is 23.3 Å². The SMILES string of the molecule is CC1CCC(NCc2ccccn2)CC1. The van der Waals surface area contributed by atoms with Crippen LogP contribution in [0.4, 0.5) is 0 Å². The number of hydrogen-bond acceptors (Lipinski definition) is 2. The predicted octanol–water partition coefficient (Wildman–Crippen LogP) is 2.75. The molecule has 1 fully saturated rings. The highest BCUT2D eigenvalue weighted by molar-refractivity contribution is 5.03. The molecule has 2 nitrogen and oxygen atoms in total. The number of hydrogen-bond donors (Lipinski definition) is 1. The lowest BCUT2D eigenvalue weighted by Crippen LogP contribution is -2.32. The Morgan fingerprint density at radius 2 is 2.07 bits per heavy atom. The van der Waals surface area contributed by atoms with Crippen molar-refractivity contribution in [2.24, 2.45) is 5.92 Å². The average molecular weight is 204 g/mol. The van der Waals surface area contributed by atoms with Crippen molar-refractivity contribution in [1.29, 1.82) is 0 Å². The minimum absolute atomic E-state index is 0.711. The van der Waals surface area contributed by atoms with E-state index in [0.29, 0.717) is 6.04 Å². The maximum atomic E-state index is 4.32. The molecule has 1 aromatic rings. The Morgan fingerprint density at radius 3 is 2.73 bits per heavy atom. The smallest absolute Gasteiger partial charge is 0.0541 e. The maximum absolute atomic E-state index is 4.32. The van der Waals surface area contributed by atoms with Gasteiger partial charge in [-0.1, -0.05) is 13.0 Å². The quantitative estimate of drug-likeness (QED) is 0.819. The predicted molar refractivity (Wildman–Crippen MR) is 62.5 cm³/mol. The summed E-state index contributed by atoms with van der Waals surface area (Å²) in [5, 5.41) is 3.60. The molecule has 1 N–H and O–H groups in total. The molecule has 0 radical (unpaired) electrons. The van der Waals surface area contributed by atoms with Crippen LogP contribution in [-0.4, -0.2) is 11.0 Å². The fraction of sp³-hybridized carbons (Fsp3) is 0.615. The Bertz CT molecular complexity index is 276. The molecule has 0 unspecified atom stereocenters. The summed E-state index contributed by atoms with van der Waals surface area (Å²) in [6.07, 6.45) is 7.27. The average Bonchev–Trinajstić information content (AvgIpc) is 2.30. The monoisotopic (exact) mass is 204 g/mol. The van der Waals surface area contributed by atoms with Crippen LogP contribution in [0, 0.1) is 5.92 Å². The zero-order chi connectivity index (χ0) is 10.5. The number of aromatic nitrogens is 1. The van der Waals surface area contributed by atoms with Crippen LogP contribution in [-0.2, 0) is 6.54 Å². The first-order valence-corrected chi connectivity index (χ1v) is 5.98. The lowest BCUT2D eigenvalue weighted by molar-refractivity contribution is 0.306. The second-order valence-corrected chi connectivity index (χ2v) is 4.66. The van der Waals surface area contributed by atoms with Crippen molar-refractivity contribution < 1.29 is 0 Å². The van der Waals surface area contributed by atoms with E-state index < -0.39 is 0 Å². The van der Waals surface area contributed by atoms with Crippen LogP contribution in [0.1, 0.15) is 38.3 Å². The van der Waals surface area contributed by atoms with Crippen molar-refractivity contribution in [3.63, 3.8) is 0 Å². The van der Waals surface area contributed by atoms with E-state index in [1.165, 1.54) is 25.7 Å². The lowest BCUT2D eigenvalue weighted by Gasteiger charge is -2.26. The van der Waals surface area contributed by atoms with Crippen LogP contribution in [0.2, 0.25) is 0 Å². The van der Waals surface area contributed by atoms with Gasteiger partial charge < -0.3 is 5.32 Å². The molecule has 82 valence electrons. The van der Waals surface area contributed by atoms with Gasteiger partial charge in [0.25, 0.3) is 0 Å². The van der Waals surface area contributed by atoms with E-state index in [1.807, 2.05) is 18.3 Å². The molecule has 2 rings (SSSR count). The highest BCUT2D eigenvalue weighted by Crippen LogP contribution is 2.23. The van der Waals surface area contributed by atoms with Crippen LogP contribution in [0.3, 0.4) is 0 Å². The molecule has 1 aliphatic rings. The summed E-state index contributed by atoms with van der Waals surface area (Å²) in [6.45, 7) is 3.27. The Morgan fingerprint density at radius 1 is 1.27 bits per heavy atom. The molecule has 0 amide bonds. The summed E-state index contributed by atoms with van der Waals surface area (Å²) in [5.41, 5.74) is 1.15. The Labute approximate surface area is 92.1 Å². The number of nitrogens with zero attached hydrogens (tertiary/aromatic N) is 1. The van der Waals surface area contributed by atoms with E-state index >= 15 is 0 Å². The second kappa shape index (κ2) is 5.26. The standard InChI is InChI=1S/C13H20N2/c1-11-5-7-12(8-6-11)15-10-13-4-2-3-9-14-13/h2-4,9,11-12,15H,5-8,10H2,1H3. The summed E-state index contributed by atoms with van der Waals surface area (Å²) in [4.78, 5) is 4.32. The number of pyridine rings is 1. The molecule has 1 saturated carbocycles. The van der Waals surface area contributed by atoms with Crippen molar-refractivity contribution in [1.82, 2.24) is 10.3 Å². The Hall–Kier alpha value is -0.890. The molecule has 1 aliphatic carbocycles. The molecule has 0 spiro atoms. The third kappa shape index (κ3) is 3.31. The summed E-state index contributed by atoms with van der Waals surface area (Å²) in [5.74, 6) is 0.929. The number of nitrogens with one attached hydrogen (secondary N) is 1. The molecule has 0 bridgehead atoms. The van der Waals surface area contributed by atoms with Gasteiger partial charge in [-0.3, -0.25) is 4.98 Å². The first-order chi connectivity index (χ1) is 7.34. The highest BCUT2D eigenvalue weighted by atomic mass is 14.9. The van der Waals surface area contributed by atoms with Gasteiger partial charge >= 0.3 is 0 Å². The molecule has 2 heteroatoms. The van der Waals surface area contributed by atoms with E-state index in [1.54, 1.807) is 0 Å². The Kier molecular flexibility index (Phi) is 3.73. The molecule has 0 aliphatic heterocycles. The van der Waals surface area contributed by atoms with Crippen molar-refractivity contribution in [3.8, 4) is 0 Å². The van der Waals surface area contributed by atoms with Crippen molar-refractivity contribution in [3.05, 3.63) is 30.1 Å². The van der Waals surface area contributed by atoms with Gasteiger partial charge in [0, 0.05) is 18.8 Å². The summed E-state index contributed by atoms with van der Waals surface area (Å²) < 4.78 is 0. The lowest BCUT2D eigenvalue weighted by atomic mass is 9.87. The fourth-order valence-electron chi connectivity index (χ4n) is 2.22. The third-order valence-electron chi connectivity index (χ3n) is 3.31. The largest absolute Gasteiger partial charge is 0.308 e. The van der Waals surface area contributed by atoms with Crippen LogP contribution < -0.4 is 5.32 Å². The van der Waals surface area contributed by atoms with Crippen LogP contribution in [0.15, 0.2) is 24.4 Å². The number of rotatable bonds is 3. The van der Waals surface area contributed by atoms with Gasteiger partial charge in [0.15, 0.2) is 0 Å². The second-order valence-electron chi connectivity index (χ2n) is 4.66. The minimum Gasteiger partial charge on any atom is -0.308 e. The van der Waals surface area contributed by atoms with E-state index in [4.69, 9.17) is 0 Å². The van der Waals surface area contributed by atoms with Gasteiger partial charge in [-0.05, 0) is 43.7 Å². The van der Waals surface area contributed by atoms with E-state index in [-0.39, 0.29) is 0 Å². The zero-order valence-electron chi connectivity index (χ0n) is 9.45. The van der Waals surface area contributed by atoms with Gasteiger partial charge in [-0.2, -0.15) is 0 Å². The van der Waals surface area contributed by atoms with Crippen LogP contribution in [0.5, 0.6) is 0 Å². The molecule has 0 atom stereocenters. The van der Waals surface area contributed by atoms with Crippen molar-refractivity contribution in [2.75, 3.05) is 0 Å². The highest BCUT2D eigenvalue weighted by Gasteiger charge is 2.17. The molecular weight excluding hydrogens is 184 g/mol. The molecule has 1 aromatic heterocycles. The first-order valence-electron chi connectivity index (χ1n) is 5.98. The van der Waals surface area contributed by atoms with Crippen LogP contribution >= 0.6 is 0 Å². The molecular formula is C13H20N2.